The van der Waals surface area contributed by atoms with Gasteiger partial charge in [0.2, 0.25) is 0 Å². The van der Waals surface area contributed by atoms with E-state index in [2.05, 4.69) is 10.2 Å². The van der Waals surface area contributed by atoms with Crippen LogP contribution in [0, 0.1) is 5.92 Å². The van der Waals surface area contributed by atoms with Crippen LogP contribution in [-0.2, 0) is 11.2 Å². The number of carbonyl (C=O) groups is 1. The van der Waals surface area contributed by atoms with Gasteiger partial charge in [0.25, 0.3) is 5.91 Å². The van der Waals surface area contributed by atoms with Gasteiger partial charge in [0.1, 0.15) is 15.8 Å². The number of hydrogen-bond donors (Lipinski definition) is 0. The van der Waals surface area contributed by atoms with Crippen LogP contribution in [0.5, 0.6) is 5.75 Å². The zero-order valence-electron chi connectivity index (χ0n) is 15.7. The van der Waals surface area contributed by atoms with Crippen molar-refractivity contribution in [3.05, 3.63) is 40.3 Å². The minimum absolute atomic E-state index is 0.0662. The number of nitrogens with zero attached hydrogens (tertiary/aromatic N) is 3. The molecule has 1 aromatic heterocycles. The standard InChI is InChI=1S/C21H27N3O2S/c25-20(15-26-18-8-2-1-3-9-18)24-12-10-17(11-13-24)21-23-22-19(27-21)14-16-6-4-5-7-16/h1-3,8-9,16-17H,4-7,10-15H2. The van der Waals surface area contributed by atoms with Crippen LogP contribution >= 0.6 is 11.3 Å². The molecule has 0 N–H and O–H groups in total. The highest BCUT2D eigenvalue weighted by Gasteiger charge is 2.27. The summed E-state index contributed by atoms with van der Waals surface area (Å²) in [6, 6.07) is 9.51. The smallest absolute Gasteiger partial charge is 0.260 e. The molecule has 1 saturated heterocycles. The van der Waals surface area contributed by atoms with E-state index in [-0.39, 0.29) is 12.5 Å². The topological polar surface area (TPSA) is 55.3 Å². The number of para-hydroxylation sites is 1. The summed E-state index contributed by atoms with van der Waals surface area (Å²) in [6.45, 7) is 1.66. The highest BCUT2D eigenvalue weighted by Crippen LogP contribution is 2.33. The average molecular weight is 386 g/mol. The summed E-state index contributed by atoms with van der Waals surface area (Å²) in [5, 5.41) is 11.3. The van der Waals surface area contributed by atoms with E-state index in [4.69, 9.17) is 4.74 Å². The van der Waals surface area contributed by atoms with Crippen molar-refractivity contribution in [1.29, 1.82) is 0 Å². The van der Waals surface area contributed by atoms with Gasteiger partial charge in [0.15, 0.2) is 6.61 Å². The number of benzene rings is 1. The lowest BCUT2D eigenvalue weighted by Gasteiger charge is -2.30. The summed E-state index contributed by atoms with van der Waals surface area (Å²) in [6.07, 6.45) is 8.48. The molecule has 1 amide bonds. The van der Waals surface area contributed by atoms with Crippen molar-refractivity contribution < 1.29 is 9.53 Å². The van der Waals surface area contributed by atoms with Crippen molar-refractivity contribution in [2.24, 2.45) is 5.92 Å². The first kappa shape index (κ1) is 18.4. The van der Waals surface area contributed by atoms with Crippen molar-refractivity contribution in [2.45, 2.75) is 50.9 Å². The number of ether oxygens (including phenoxy) is 1. The summed E-state index contributed by atoms with van der Waals surface area (Å²) in [7, 11) is 0. The fraction of sp³-hybridized carbons (Fsp3) is 0.571. The number of piperidine rings is 1. The molecule has 1 aromatic carbocycles. The lowest BCUT2D eigenvalue weighted by atomic mass is 9.98. The van der Waals surface area contributed by atoms with Gasteiger partial charge in [-0.05, 0) is 30.9 Å². The van der Waals surface area contributed by atoms with Crippen molar-refractivity contribution in [2.75, 3.05) is 19.7 Å². The van der Waals surface area contributed by atoms with Gasteiger partial charge < -0.3 is 9.64 Å². The van der Waals surface area contributed by atoms with Gasteiger partial charge in [-0.25, -0.2) is 0 Å². The Morgan fingerprint density at radius 3 is 2.56 bits per heavy atom. The second kappa shape index (κ2) is 8.83. The van der Waals surface area contributed by atoms with Crippen LogP contribution in [-0.4, -0.2) is 40.7 Å². The monoisotopic (exact) mass is 385 g/mol. The van der Waals surface area contributed by atoms with E-state index in [1.54, 1.807) is 11.3 Å². The molecule has 5 nitrogen and oxygen atoms in total. The maximum Gasteiger partial charge on any atom is 0.260 e. The lowest BCUT2D eigenvalue weighted by molar-refractivity contribution is -0.134. The molecule has 2 aromatic rings. The fourth-order valence-electron chi connectivity index (χ4n) is 4.10. The van der Waals surface area contributed by atoms with E-state index in [0.717, 1.165) is 49.0 Å². The Bertz CT molecular complexity index is 735. The highest BCUT2D eigenvalue weighted by atomic mass is 32.1. The van der Waals surface area contributed by atoms with Gasteiger partial charge in [0.05, 0.1) is 0 Å². The number of likely N-dealkylation sites (tertiary alicyclic amines) is 1. The molecule has 4 rings (SSSR count). The van der Waals surface area contributed by atoms with Crippen LogP contribution < -0.4 is 4.74 Å². The molecule has 1 aliphatic heterocycles. The molecule has 2 fully saturated rings. The fourth-order valence-corrected chi connectivity index (χ4v) is 5.23. The third kappa shape index (κ3) is 4.86. The largest absolute Gasteiger partial charge is 0.484 e. The minimum atomic E-state index is 0.0662. The first-order valence-electron chi connectivity index (χ1n) is 10.1. The number of amides is 1. The molecule has 144 valence electrons. The maximum absolute atomic E-state index is 12.4. The van der Waals surface area contributed by atoms with Gasteiger partial charge in [-0.1, -0.05) is 43.9 Å². The lowest BCUT2D eigenvalue weighted by Crippen LogP contribution is -2.40. The third-order valence-electron chi connectivity index (χ3n) is 5.72. The van der Waals surface area contributed by atoms with Crippen LogP contribution in [0.2, 0.25) is 0 Å². The van der Waals surface area contributed by atoms with E-state index in [9.17, 15) is 4.79 Å². The third-order valence-corrected chi connectivity index (χ3v) is 6.83. The Morgan fingerprint density at radius 2 is 1.81 bits per heavy atom. The number of rotatable bonds is 6. The van der Waals surface area contributed by atoms with Crippen molar-refractivity contribution in [1.82, 2.24) is 15.1 Å². The van der Waals surface area contributed by atoms with Gasteiger partial charge in [-0.3, -0.25) is 4.79 Å². The summed E-state index contributed by atoms with van der Waals surface area (Å²) in [4.78, 5) is 14.3. The SMILES string of the molecule is O=C(COc1ccccc1)N1CCC(c2nnc(CC3CCCC3)s2)CC1. The number of carbonyl (C=O) groups excluding carboxylic acids is 1. The molecule has 1 saturated carbocycles. The Labute approximate surface area is 164 Å². The van der Waals surface area contributed by atoms with Crippen LogP contribution in [0.3, 0.4) is 0 Å². The molecule has 1 aliphatic carbocycles. The van der Waals surface area contributed by atoms with Crippen LogP contribution in [0.1, 0.15) is 54.5 Å². The molecule has 2 heterocycles. The molecule has 0 atom stereocenters. The van der Waals surface area contributed by atoms with E-state index < -0.39 is 0 Å². The Hall–Kier alpha value is -1.95. The van der Waals surface area contributed by atoms with Crippen LogP contribution in [0.25, 0.3) is 0 Å². The summed E-state index contributed by atoms with van der Waals surface area (Å²) < 4.78 is 5.59. The molecule has 6 heteroatoms. The van der Waals surface area contributed by atoms with Crippen molar-refractivity contribution in [3.63, 3.8) is 0 Å². The Balaban J connectivity index is 1.23. The highest BCUT2D eigenvalue weighted by molar-refractivity contribution is 7.11. The predicted molar refractivity (Wildman–Crippen MR) is 106 cm³/mol. The van der Waals surface area contributed by atoms with Gasteiger partial charge >= 0.3 is 0 Å². The summed E-state index contributed by atoms with van der Waals surface area (Å²) in [5.41, 5.74) is 0. The average Bonchev–Trinajstić information content (AvgIpc) is 3.40. The zero-order valence-corrected chi connectivity index (χ0v) is 16.5. The van der Waals surface area contributed by atoms with Crippen molar-refractivity contribution >= 4 is 17.2 Å². The first-order valence-corrected chi connectivity index (χ1v) is 10.9. The van der Waals surface area contributed by atoms with E-state index in [1.165, 1.54) is 30.7 Å². The molecule has 0 bridgehead atoms. The molecular formula is C21H27N3O2S. The number of aromatic nitrogens is 2. The van der Waals surface area contributed by atoms with E-state index in [1.807, 2.05) is 35.2 Å². The summed E-state index contributed by atoms with van der Waals surface area (Å²) in [5.74, 6) is 2.06. The second-order valence-corrected chi connectivity index (χ2v) is 8.74. The molecule has 0 spiro atoms. The first-order chi connectivity index (χ1) is 13.3. The summed E-state index contributed by atoms with van der Waals surface area (Å²) >= 11 is 1.79. The van der Waals surface area contributed by atoms with Crippen LogP contribution in [0.15, 0.2) is 30.3 Å². The Kier molecular flexibility index (Phi) is 6.02. The molecule has 2 aliphatic rings. The van der Waals surface area contributed by atoms with E-state index in [0.29, 0.717) is 5.92 Å². The van der Waals surface area contributed by atoms with E-state index >= 15 is 0 Å². The predicted octanol–water partition coefficient (Wildman–Crippen LogP) is 4.06. The molecular weight excluding hydrogens is 358 g/mol. The normalized spacial score (nSPS) is 18.7. The van der Waals surface area contributed by atoms with Crippen LogP contribution in [0.4, 0.5) is 0 Å². The molecule has 0 unspecified atom stereocenters. The number of hydrogen-bond acceptors (Lipinski definition) is 5. The zero-order chi connectivity index (χ0) is 18.5. The maximum atomic E-state index is 12.4. The van der Waals surface area contributed by atoms with Gasteiger partial charge in [-0.2, -0.15) is 0 Å². The molecule has 27 heavy (non-hydrogen) atoms. The van der Waals surface area contributed by atoms with Gasteiger partial charge in [-0.15, -0.1) is 21.5 Å². The quantitative estimate of drug-likeness (QED) is 0.753. The molecule has 0 radical (unpaired) electrons. The van der Waals surface area contributed by atoms with Crippen molar-refractivity contribution in [3.8, 4) is 5.75 Å². The van der Waals surface area contributed by atoms with Gasteiger partial charge in [0, 0.05) is 25.4 Å². The second-order valence-electron chi connectivity index (χ2n) is 7.65. The minimum Gasteiger partial charge on any atom is -0.484 e. The Morgan fingerprint density at radius 1 is 1.07 bits per heavy atom.